The number of carbonyl (C=O) groups is 1. The summed E-state index contributed by atoms with van der Waals surface area (Å²) >= 11 is 0. The van der Waals surface area contributed by atoms with E-state index in [-0.39, 0.29) is 11.7 Å². The molecule has 0 fully saturated rings. The molecule has 2 aromatic rings. The minimum Gasteiger partial charge on any atom is -0.360 e. The summed E-state index contributed by atoms with van der Waals surface area (Å²) in [4.78, 5) is 14.7. The molecule has 1 aliphatic carbocycles. The van der Waals surface area contributed by atoms with Gasteiger partial charge in [0.1, 0.15) is 17.3 Å². The van der Waals surface area contributed by atoms with Crippen molar-refractivity contribution in [3.05, 3.63) is 41.4 Å². The smallest absolute Gasteiger partial charge is 0.173 e. The molecule has 21 heavy (non-hydrogen) atoms. The molecule has 5 heteroatoms. The second-order valence-corrected chi connectivity index (χ2v) is 5.67. The number of aromatic nitrogens is 1. The summed E-state index contributed by atoms with van der Waals surface area (Å²) in [7, 11) is 3.88. The number of aryl methyl sites for hydroxylation is 1. The van der Waals surface area contributed by atoms with Gasteiger partial charge < -0.3 is 9.42 Å². The Labute approximate surface area is 122 Å². The Morgan fingerprint density at radius 1 is 1.38 bits per heavy atom. The molecule has 110 valence electrons. The number of benzene rings is 1. The van der Waals surface area contributed by atoms with Crippen LogP contribution in [0.25, 0.3) is 11.3 Å². The van der Waals surface area contributed by atoms with Crippen molar-refractivity contribution in [3.8, 4) is 11.3 Å². The van der Waals surface area contributed by atoms with E-state index in [9.17, 15) is 9.18 Å². The van der Waals surface area contributed by atoms with Gasteiger partial charge in [-0.05, 0) is 32.6 Å². The van der Waals surface area contributed by atoms with Gasteiger partial charge in [-0.2, -0.15) is 0 Å². The maximum Gasteiger partial charge on any atom is 0.173 e. The van der Waals surface area contributed by atoms with Crippen LogP contribution in [0.4, 0.5) is 4.39 Å². The Hall–Kier alpha value is -2.01. The molecule has 1 aromatic heterocycles. The predicted octanol–water partition coefficient (Wildman–Crippen LogP) is 2.79. The van der Waals surface area contributed by atoms with Crippen molar-refractivity contribution >= 4 is 5.78 Å². The van der Waals surface area contributed by atoms with Crippen LogP contribution in [0.3, 0.4) is 0 Å². The maximum absolute atomic E-state index is 14.0. The fraction of sp³-hybridized carbons (Fsp3) is 0.375. The molecule has 0 aliphatic heterocycles. The minimum atomic E-state index is -0.392. The molecular weight excluding hydrogens is 271 g/mol. The number of hydrogen-bond acceptors (Lipinski definition) is 4. The van der Waals surface area contributed by atoms with Crippen molar-refractivity contribution in [1.29, 1.82) is 0 Å². The number of carbonyl (C=O) groups excluding carboxylic acids is 1. The molecule has 1 aromatic carbocycles. The number of ketones is 1. The summed E-state index contributed by atoms with van der Waals surface area (Å²) in [6.07, 6.45) is 1.41. The molecule has 0 radical (unpaired) electrons. The molecule has 4 nitrogen and oxygen atoms in total. The number of halogens is 1. The fourth-order valence-electron chi connectivity index (χ4n) is 2.84. The lowest BCUT2D eigenvalue weighted by Gasteiger charge is -2.23. The number of Topliss-reactive ketones (excluding diaryl/α,β-unsaturated/α-hetero) is 1. The summed E-state index contributed by atoms with van der Waals surface area (Å²) in [5.41, 5.74) is 1.11. The summed E-state index contributed by atoms with van der Waals surface area (Å²) in [5.74, 6) is 0.103. The van der Waals surface area contributed by atoms with Crippen LogP contribution < -0.4 is 0 Å². The van der Waals surface area contributed by atoms with Crippen LogP contribution in [0.5, 0.6) is 0 Å². The number of hydrogen-bond donors (Lipinski definition) is 0. The van der Waals surface area contributed by atoms with E-state index in [0.29, 0.717) is 35.5 Å². The van der Waals surface area contributed by atoms with Gasteiger partial charge in [0, 0.05) is 24.4 Å². The number of rotatable bonds is 3. The van der Waals surface area contributed by atoms with E-state index < -0.39 is 5.82 Å². The lowest BCUT2D eigenvalue weighted by molar-refractivity contribution is 0.0872. The molecule has 1 atom stereocenters. The van der Waals surface area contributed by atoms with Crippen LogP contribution in [-0.2, 0) is 6.42 Å². The van der Waals surface area contributed by atoms with Gasteiger partial charge >= 0.3 is 0 Å². The number of fused-ring (bicyclic) bond motifs is 1. The Balaban J connectivity index is 2.03. The Bertz CT molecular complexity index is 679. The van der Waals surface area contributed by atoms with E-state index in [4.69, 9.17) is 4.52 Å². The van der Waals surface area contributed by atoms with Crippen molar-refractivity contribution in [2.75, 3.05) is 20.6 Å². The highest BCUT2D eigenvalue weighted by Crippen LogP contribution is 2.34. The topological polar surface area (TPSA) is 46.3 Å². The second kappa shape index (κ2) is 5.41. The monoisotopic (exact) mass is 288 g/mol. The molecular formula is C16H17FN2O2. The lowest BCUT2D eigenvalue weighted by atomic mass is 9.84. The van der Waals surface area contributed by atoms with E-state index in [1.807, 2.05) is 19.0 Å². The Morgan fingerprint density at radius 2 is 2.14 bits per heavy atom. The third kappa shape index (κ3) is 2.49. The summed E-state index contributed by atoms with van der Waals surface area (Å²) < 4.78 is 19.2. The van der Waals surface area contributed by atoms with E-state index >= 15 is 0 Å². The molecule has 0 saturated carbocycles. The molecule has 0 amide bonds. The summed E-state index contributed by atoms with van der Waals surface area (Å²) in [5, 5.41) is 3.94. The van der Waals surface area contributed by atoms with Gasteiger partial charge in [-0.3, -0.25) is 4.79 Å². The zero-order valence-electron chi connectivity index (χ0n) is 12.1. The first-order valence-electron chi connectivity index (χ1n) is 7.00. The zero-order valence-corrected chi connectivity index (χ0v) is 12.1. The predicted molar refractivity (Wildman–Crippen MR) is 76.6 cm³/mol. The largest absolute Gasteiger partial charge is 0.360 e. The average molecular weight is 288 g/mol. The molecule has 3 rings (SSSR count). The van der Waals surface area contributed by atoms with Gasteiger partial charge in [0.15, 0.2) is 5.78 Å². The van der Waals surface area contributed by atoms with Gasteiger partial charge in [-0.15, -0.1) is 0 Å². The van der Waals surface area contributed by atoms with Gasteiger partial charge in [0.05, 0.1) is 5.56 Å². The molecule has 0 N–H and O–H groups in total. The third-order valence-electron chi connectivity index (χ3n) is 3.81. The highest BCUT2D eigenvalue weighted by atomic mass is 19.1. The first kappa shape index (κ1) is 13.9. The highest BCUT2D eigenvalue weighted by Gasteiger charge is 2.34. The SMILES string of the molecule is CN(C)CC1CCc2onc(-c3ccccc3F)c2C1=O. The van der Waals surface area contributed by atoms with Crippen LogP contribution in [0.2, 0.25) is 0 Å². The fourth-order valence-corrected chi connectivity index (χ4v) is 2.84. The molecule has 1 unspecified atom stereocenters. The average Bonchev–Trinajstić information content (AvgIpc) is 2.87. The van der Waals surface area contributed by atoms with Gasteiger partial charge in [0.25, 0.3) is 0 Å². The van der Waals surface area contributed by atoms with Crippen molar-refractivity contribution in [3.63, 3.8) is 0 Å². The number of nitrogens with zero attached hydrogens (tertiary/aromatic N) is 2. The van der Waals surface area contributed by atoms with E-state index in [1.54, 1.807) is 18.2 Å². The summed E-state index contributed by atoms with van der Waals surface area (Å²) in [6, 6.07) is 6.32. The van der Waals surface area contributed by atoms with Crippen molar-refractivity contribution in [2.45, 2.75) is 12.8 Å². The first-order chi connectivity index (χ1) is 10.1. The molecule has 0 spiro atoms. The van der Waals surface area contributed by atoms with Gasteiger partial charge in [-0.25, -0.2) is 4.39 Å². The molecule has 1 heterocycles. The third-order valence-corrected chi connectivity index (χ3v) is 3.81. The van der Waals surface area contributed by atoms with E-state index in [0.717, 1.165) is 6.42 Å². The van der Waals surface area contributed by atoms with Gasteiger partial charge in [0.2, 0.25) is 0 Å². The standard InChI is InChI=1S/C16H17FN2O2/c1-19(2)9-10-7-8-13-14(16(10)20)15(18-21-13)11-5-3-4-6-12(11)17/h3-6,10H,7-9H2,1-2H3. The quantitative estimate of drug-likeness (QED) is 0.871. The van der Waals surface area contributed by atoms with Crippen LogP contribution in [0.1, 0.15) is 22.5 Å². The van der Waals surface area contributed by atoms with Crippen LogP contribution in [-0.4, -0.2) is 36.5 Å². The van der Waals surface area contributed by atoms with Gasteiger partial charge in [-0.1, -0.05) is 17.3 Å². The van der Waals surface area contributed by atoms with Crippen LogP contribution >= 0.6 is 0 Å². The normalized spacial score (nSPS) is 18.1. The van der Waals surface area contributed by atoms with Crippen LogP contribution in [0, 0.1) is 11.7 Å². The molecule has 0 bridgehead atoms. The molecule has 0 saturated heterocycles. The highest BCUT2D eigenvalue weighted by molar-refractivity contribution is 6.04. The zero-order chi connectivity index (χ0) is 15.0. The summed E-state index contributed by atoms with van der Waals surface area (Å²) in [6.45, 7) is 0.681. The van der Waals surface area contributed by atoms with Crippen molar-refractivity contribution < 1.29 is 13.7 Å². The van der Waals surface area contributed by atoms with Crippen molar-refractivity contribution in [1.82, 2.24) is 10.1 Å². The van der Waals surface area contributed by atoms with Crippen LogP contribution in [0.15, 0.2) is 28.8 Å². The van der Waals surface area contributed by atoms with Crippen molar-refractivity contribution in [2.24, 2.45) is 5.92 Å². The maximum atomic E-state index is 14.0. The Morgan fingerprint density at radius 3 is 2.86 bits per heavy atom. The Kier molecular flexibility index (Phi) is 3.59. The van der Waals surface area contributed by atoms with E-state index in [2.05, 4.69) is 5.16 Å². The first-order valence-corrected chi connectivity index (χ1v) is 7.00. The lowest BCUT2D eigenvalue weighted by Crippen LogP contribution is -2.31. The minimum absolute atomic E-state index is 0.00412. The second-order valence-electron chi connectivity index (χ2n) is 5.67. The molecule has 1 aliphatic rings. The van der Waals surface area contributed by atoms with E-state index in [1.165, 1.54) is 6.07 Å².